The molecule has 0 aliphatic heterocycles. The number of alkyl carbamates (subject to hydrolysis) is 1. The minimum atomic E-state index is -1.07. The molecule has 32 heavy (non-hydrogen) atoms. The van der Waals surface area contributed by atoms with Crippen molar-refractivity contribution in [2.75, 3.05) is 6.61 Å². The lowest BCUT2D eigenvalue weighted by Gasteiger charge is -2.20. The summed E-state index contributed by atoms with van der Waals surface area (Å²) in [6, 6.07) is 14.9. The fourth-order valence-electron chi connectivity index (χ4n) is 4.20. The zero-order chi connectivity index (χ0) is 23.1. The monoisotopic (exact) mass is 438 g/mol. The molecule has 2 aromatic carbocycles. The van der Waals surface area contributed by atoms with Crippen LogP contribution in [0.4, 0.5) is 4.79 Å². The van der Waals surface area contributed by atoms with Crippen LogP contribution in [-0.4, -0.2) is 41.8 Å². The fourth-order valence-corrected chi connectivity index (χ4v) is 4.20. The van der Waals surface area contributed by atoms with Crippen molar-refractivity contribution < 1.29 is 24.2 Å². The molecule has 3 rings (SSSR count). The van der Waals surface area contributed by atoms with Crippen molar-refractivity contribution in [3.8, 4) is 11.1 Å². The normalized spacial score (nSPS) is 14.1. The summed E-state index contributed by atoms with van der Waals surface area (Å²) in [5.41, 5.74) is 4.57. The number of ether oxygens (including phenoxy) is 1. The number of amides is 2. The Bertz CT molecular complexity index is 929. The summed E-state index contributed by atoms with van der Waals surface area (Å²) in [4.78, 5) is 35.9. The number of aliphatic carboxylic acids is 1. The van der Waals surface area contributed by atoms with E-state index in [1.54, 1.807) is 6.92 Å². The Kier molecular flexibility index (Phi) is 7.87. The van der Waals surface area contributed by atoms with Gasteiger partial charge in [0.05, 0.1) is 0 Å². The lowest BCUT2D eigenvalue weighted by Crippen LogP contribution is -2.44. The van der Waals surface area contributed by atoms with Gasteiger partial charge < -0.3 is 20.5 Å². The molecular formula is C25H30N2O5. The summed E-state index contributed by atoms with van der Waals surface area (Å²) >= 11 is 0. The number of carboxylic acids is 1. The first-order valence-electron chi connectivity index (χ1n) is 11.1. The number of rotatable bonds is 10. The Morgan fingerprint density at radius 1 is 0.969 bits per heavy atom. The average molecular weight is 439 g/mol. The van der Waals surface area contributed by atoms with E-state index in [2.05, 4.69) is 34.9 Å². The quantitative estimate of drug-likeness (QED) is 0.519. The molecule has 0 radical (unpaired) electrons. The average Bonchev–Trinajstić information content (AvgIpc) is 3.10. The van der Waals surface area contributed by atoms with Crippen molar-refractivity contribution in [2.24, 2.45) is 0 Å². The molecule has 1 aliphatic carbocycles. The topological polar surface area (TPSA) is 105 Å². The summed E-state index contributed by atoms with van der Waals surface area (Å²) < 4.78 is 5.56. The van der Waals surface area contributed by atoms with Crippen LogP contribution in [0.1, 0.15) is 56.6 Å². The molecule has 2 atom stereocenters. The number of carbonyl (C=O) groups is 3. The van der Waals surface area contributed by atoms with Gasteiger partial charge in [-0.15, -0.1) is 0 Å². The van der Waals surface area contributed by atoms with E-state index in [0.29, 0.717) is 12.8 Å². The third-order valence-electron chi connectivity index (χ3n) is 5.78. The molecule has 7 heteroatoms. The van der Waals surface area contributed by atoms with Crippen LogP contribution in [0.15, 0.2) is 48.5 Å². The first-order valence-corrected chi connectivity index (χ1v) is 11.1. The first kappa shape index (κ1) is 23.3. The number of hydrogen-bond acceptors (Lipinski definition) is 4. The Balaban J connectivity index is 1.59. The van der Waals surface area contributed by atoms with Crippen LogP contribution >= 0.6 is 0 Å². The highest BCUT2D eigenvalue weighted by Gasteiger charge is 2.29. The van der Waals surface area contributed by atoms with Gasteiger partial charge in [-0.2, -0.15) is 0 Å². The molecule has 0 saturated heterocycles. The van der Waals surface area contributed by atoms with E-state index in [1.807, 2.05) is 31.2 Å². The lowest BCUT2D eigenvalue weighted by atomic mass is 9.98. The van der Waals surface area contributed by atoms with Gasteiger partial charge in [-0.05, 0) is 35.1 Å². The molecule has 0 fully saturated rings. The summed E-state index contributed by atoms with van der Waals surface area (Å²) in [6.07, 6.45) is 1.06. The number of carboxylic acid groups (broad SMARTS) is 1. The lowest BCUT2D eigenvalue weighted by molar-refractivity contribution is -0.142. The van der Waals surface area contributed by atoms with E-state index in [-0.39, 0.29) is 18.9 Å². The second-order valence-electron chi connectivity index (χ2n) is 8.03. The summed E-state index contributed by atoms with van der Waals surface area (Å²) in [5, 5.41) is 14.4. The van der Waals surface area contributed by atoms with Crippen molar-refractivity contribution in [3.05, 3.63) is 59.7 Å². The molecular weight excluding hydrogens is 408 g/mol. The van der Waals surface area contributed by atoms with Gasteiger partial charge in [-0.3, -0.25) is 4.79 Å². The van der Waals surface area contributed by atoms with E-state index < -0.39 is 30.1 Å². The standard InChI is InChI=1S/C25H30N2O5/c1-3-9-16(14-23(28)27-22(4-2)24(29)30)26-25(31)32-15-21-19-12-7-5-10-17(19)18-11-6-8-13-20(18)21/h5-8,10-13,16,21-22H,3-4,9,14-15H2,1-2H3,(H,26,31)(H,27,28)(H,29,30)/t16-,22+/m0/s1. The summed E-state index contributed by atoms with van der Waals surface area (Å²) in [5.74, 6) is -1.52. The first-order chi connectivity index (χ1) is 15.4. The minimum Gasteiger partial charge on any atom is -0.480 e. The number of hydrogen-bond donors (Lipinski definition) is 3. The third-order valence-corrected chi connectivity index (χ3v) is 5.78. The number of benzene rings is 2. The highest BCUT2D eigenvalue weighted by Crippen LogP contribution is 2.44. The molecule has 3 N–H and O–H groups in total. The second-order valence-corrected chi connectivity index (χ2v) is 8.03. The van der Waals surface area contributed by atoms with E-state index in [1.165, 1.54) is 0 Å². The van der Waals surface area contributed by atoms with E-state index in [9.17, 15) is 14.4 Å². The highest BCUT2D eigenvalue weighted by atomic mass is 16.5. The van der Waals surface area contributed by atoms with Crippen LogP contribution in [0, 0.1) is 0 Å². The molecule has 0 aromatic heterocycles. The van der Waals surface area contributed by atoms with Gasteiger partial charge >= 0.3 is 12.1 Å². The number of fused-ring (bicyclic) bond motifs is 3. The molecule has 1 aliphatic rings. The van der Waals surface area contributed by atoms with Crippen molar-refractivity contribution in [2.45, 2.75) is 57.5 Å². The van der Waals surface area contributed by atoms with Crippen LogP contribution in [0.2, 0.25) is 0 Å². The third kappa shape index (κ3) is 5.46. The maximum absolute atomic E-state index is 12.5. The molecule has 2 aromatic rings. The number of nitrogens with one attached hydrogen (secondary N) is 2. The summed E-state index contributed by atoms with van der Waals surface area (Å²) in [6.45, 7) is 3.84. The maximum atomic E-state index is 12.5. The van der Waals surface area contributed by atoms with Gasteiger partial charge in [0.25, 0.3) is 0 Å². The largest absolute Gasteiger partial charge is 0.480 e. The summed E-state index contributed by atoms with van der Waals surface area (Å²) in [7, 11) is 0. The smallest absolute Gasteiger partial charge is 0.407 e. The Morgan fingerprint density at radius 2 is 1.56 bits per heavy atom. The Labute approximate surface area is 188 Å². The molecule has 0 unspecified atom stereocenters. The second kappa shape index (κ2) is 10.8. The van der Waals surface area contributed by atoms with Gasteiger partial charge in [-0.25, -0.2) is 9.59 Å². The van der Waals surface area contributed by atoms with Crippen molar-refractivity contribution in [3.63, 3.8) is 0 Å². The predicted molar refractivity (Wildman–Crippen MR) is 121 cm³/mol. The Hall–Kier alpha value is -3.35. The maximum Gasteiger partial charge on any atom is 0.407 e. The Morgan fingerprint density at radius 3 is 2.09 bits per heavy atom. The van der Waals surface area contributed by atoms with Gasteiger partial charge in [-0.1, -0.05) is 68.8 Å². The molecule has 2 amide bonds. The van der Waals surface area contributed by atoms with Gasteiger partial charge in [0.15, 0.2) is 0 Å². The molecule has 0 spiro atoms. The number of carbonyl (C=O) groups excluding carboxylic acids is 2. The zero-order valence-corrected chi connectivity index (χ0v) is 18.5. The van der Waals surface area contributed by atoms with E-state index >= 15 is 0 Å². The van der Waals surface area contributed by atoms with Crippen LogP contribution in [0.3, 0.4) is 0 Å². The molecule has 0 saturated carbocycles. The van der Waals surface area contributed by atoms with Gasteiger partial charge in [0.2, 0.25) is 5.91 Å². The SMILES string of the molecule is CCC[C@@H](CC(=O)N[C@H](CC)C(=O)O)NC(=O)OCC1c2ccccc2-c2ccccc21. The van der Waals surface area contributed by atoms with Crippen molar-refractivity contribution >= 4 is 18.0 Å². The molecule has 0 bridgehead atoms. The van der Waals surface area contributed by atoms with Crippen LogP contribution < -0.4 is 10.6 Å². The van der Waals surface area contributed by atoms with E-state index in [0.717, 1.165) is 28.7 Å². The van der Waals surface area contributed by atoms with Gasteiger partial charge in [0.1, 0.15) is 12.6 Å². The molecule has 0 heterocycles. The zero-order valence-electron chi connectivity index (χ0n) is 18.5. The van der Waals surface area contributed by atoms with Crippen LogP contribution in [0.25, 0.3) is 11.1 Å². The van der Waals surface area contributed by atoms with Gasteiger partial charge in [0, 0.05) is 18.4 Å². The predicted octanol–water partition coefficient (Wildman–Crippen LogP) is 4.06. The van der Waals surface area contributed by atoms with Crippen molar-refractivity contribution in [1.29, 1.82) is 0 Å². The van der Waals surface area contributed by atoms with Crippen LogP contribution in [-0.2, 0) is 14.3 Å². The fraction of sp³-hybridized carbons (Fsp3) is 0.400. The molecule has 170 valence electrons. The molecule has 7 nitrogen and oxygen atoms in total. The highest BCUT2D eigenvalue weighted by molar-refractivity contribution is 5.84. The van der Waals surface area contributed by atoms with Crippen LogP contribution in [0.5, 0.6) is 0 Å². The van der Waals surface area contributed by atoms with Crippen molar-refractivity contribution in [1.82, 2.24) is 10.6 Å². The minimum absolute atomic E-state index is 0.00180. The van der Waals surface area contributed by atoms with E-state index in [4.69, 9.17) is 9.84 Å².